The number of amides is 2. The molecule has 1 aliphatic rings. The monoisotopic (exact) mass is 492 g/mol. The minimum Gasteiger partial charge on any atom is -0.439 e. The number of aliphatic hydroxyl groups is 1. The van der Waals surface area contributed by atoms with Gasteiger partial charge in [-0.05, 0) is 35.7 Å². The Morgan fingerprint density at radius 1 is 1.00 bits per heavy atom. The quantitative estimate of drug-likeness (QED) is 0.272. The van der Waals surface area contributed by atoms with E-state index in [1.54, 1.807) is 31.2 Å². The predicted molar refractivity (Wildman–Crippen MR) is 132 cm³/mol. The molecule has 2 amide bonds. The number of nitro benzene ring substituents is 1. The molecule has 1 aliphatic heterocycles. The fourth-order valence-electron chi connectivity index (χ4n) is 4.31. The second-order valence-electron chi connectivity index (χ2n) is 8.34. The highest BCUT2D eigenvalue weighted by molar-refractivity contribution is 7.80. The van der Waals surface area contributed by atoms with Crippen molar-refractivity contribution >= 4 is 30.3 Å². The van der Waals surface area contributed by atoms with Crippen molar-refractivity contribution in [2.24, 2.45) is 5.92 Å². The summed E-state index contributed by atoms with van der Waals surface area (Å²) in [6, 6.07) is 22.7. The fourth-order valence-corrected chi connectivity index (χ4v) is 4.77. The highest BCUT2D eigenvalue weighted by Gasteiger charge is 2.48. The number of imide groups is 1. The zero-order valence-corrected chi connectivity index (χ0v) is 19.7. The molecule has 0 saturated carbocycles. The Morgan fingerprint density at radius 2 is 1.57 bits per heavy atom. The molecule has 3 aromatic carbocycles. The number of cyclic esters (lactones) is 1. The van der Waals surface area contributed by atoms with Crippen LogP contribution in [0.2, 0.25) is 0 Å². The van der Waals surface area contributed by atoms with Gasteiger partial charge in [0.25, 0.3) is 5.69 Å². The van der Waals surface area contributed by atoms with Crippen LogP contribution in [0, 0.1) is 16.0 Å². The van der Waals surface area contributed by atoms with Crippen LogP contribution in [0.25, 0.3) is 0 Å². The maximum atomic E-state index is 13.9. The molecule has 0 radical (unpaired) electrons. The Balaban J connectivity index is 1.69. The van der Waals surface area contributed by atoms with Gasteiger partial charge in [-0.25, -0.2) is 9.69 Å². The molecule has 180 valence electrons. The third-order valence-corrected chi connectivity index (χ3v) is 6.81. The second kappa shape index (κ2) is 10.3. The third-order valence-electron chi connectivity index (χ3n) is 6.19. The van der Waals surface area contributed by atoms with Gasteiger partial charge in [0.2, 0.25) is 5.91 Å². The molecule has 0 bridgehead atoms. The minimum atomic E-state index is -1.39. The summed E-state index contributed by atoms with van der Waals surface area (Å²) in [5, 5.41) is 21.6. The van der Waals surface area contributed by atoms with E-state index in [9.17, 15) is 24.8 Å². The van der Waals surface area contributed by atoms with Gasteiger partial charge in [0, 0.05) is 17.4 Å². The van der Waals surface area contributed by atoms with Gasteiger partial charge in [-0.15, -0.1) is 0 Å². The average Bonchev–Trinajstić information content (AvgIpc) is 3.18. The van der Waals surface area contributed by atoms with E-state index in [-0.39, 0.29) is 5.69 Å². The molecule has 1 saturated heterocycles. The van der Waals surface area contributed by atoms with Crippen LogP contribution in [0.1, 0.15) is 41.1 Å². The first-order valence-electron chi connectivity index (χ1n) is 11.0. The van der Waals surface area contributed by atoms with Gasteiger partial charge < -0.3 is 9.84 Å². The van der Waals surface area contributed by atoms with Crippen LogP contribution < -0.4 is 0 Å². The highest BCUT2D eigenvalue weighted by atomic mass is 32.1. The van der Waals surface area contributed by atoms with Crippen molar-refractivity contribution in [1.29, 1.82) is 0 Å². The zero-order valence-electron chi connectivity index (χ0n) is 18.8. The molecule has 1 fully saturated rings. The van der Waals surface area contributed by atoms with Gasteiger partial charge in [-0.3, -0.25) is 14.9 Å². The molecule has 1 heterocycles. The Bertz CT molecular complexity index is 1210. The van der Waals surface area contributed by atoms with Gasteiger partial charge in [-0.1, -0.05) is 60.7 Å². The lowest BCUT2D eigenvalue weighted by Crippen LogP contribution is -2.44. The number of aliphatic hydroxyl groups excluding tert-OH is 1. The first kappa shape index (κ1) is 24.4. The SMILES string of the molecule is C[C@H]1[C@@H](c2ccccc2)OC(=O)N1C(=O)[C@@H]([C@@H](O)c1ccc([N+](=O)[O-])cc1)[C@@H](S)c1ccccc1. The van der Waals surface area contributed by atoms with Crippen LogP contribution >= 0.6 is 12.6 Å². The van der Waals surface area contributed by atoms with E-state index in [0.29, 0.717) is 11.1 Å². The van der Waals surface area contributed by atoms with E-state index >= 15 is 0 Å². The summed E-state index contributed by atoms with van der Waals surface area (Å²) < 4.78 is 5.54. The third kappa shape index (κ3) is 4.91. The number of benzene rings is 3. The summed E-state index contributed by atoms with van der Waals surface area (Å²) in [4.78, 5) is 38.2. The summed E-state index contributed by atoms with van der Waals surface area (Å²) in [6.07, 6.45) is -2.84. The topological polar surface area (TPSA) is 110 Å². The van der Waals surface area contributed by atoms with Crippen molar-refractivity contribution in [2.75, 3.05) is 0 Å². The Morgan fingerprint density at radius 3 is 2.14 bits per heavy atom. The minimum absolute atomic E-state index is 0.142. The lowest BCUT2D eigenvalue weighted by Gasteiger charge is -2.31. The molecule has 0 aliphatic carbocycles. The first-order valence-corrected chi connectivity index (χ1v) is 11.5. The summed E-state index contributed by atoms with van der Waals surface area (Å²) in [6.45, 7) is 1.71. The molecule has 1 N–H and O–H groups in total. The van der Waals surface area contributed by atoms with Gasteiger partial charge in [0.1, 0.15) is 6.10 Å². The van der Waals surface area contributed by atoms with E-state index in [0.717, 1.165) is 10.5 Å². The van der Waals surface area contributed by atoms with Gasteiger partial charge in [-0.2, -0.15) is 12.6 Å². The molecule has 35 heavy (non-hydrogen) atoms. The number of rotatable bonds is 7. The molecule has 0 unspecified atom stereocenters. The number of hydrogen-bond donors (Lipinski definition) is 2. The molecule has 4 rings (SSSR count). The second-order valence-corrected chi connectivity index (χ2v) is 8.90. The molecule has 0 spiro atoms. The Kier molecular flexibility index (Phi) is 7.18. The summed E-state index contributed by atoms with van der Waals surface area (Å²) in [5.74, 6) is -1.82. The van der Waals surface area contributed by atoms with Crippen molar-refractivity contribution in [3.05, 3.63) is 112 Å². The molecule has 9 heteroatoms. The molecule has 3 aromatic rings. The van der Waals surface area contributed by atoms with Gasteiger partial charge in [0.05, 0.1) is 23.0 Å². The summed E-state index contributed by atoms with van der Waals surface area (Å²) in [7, 11) is 0. The van der Waals surface area contributed by atoms with Gasteiger partial charge >= 0.3 is 6.09 Å². The summed E-state index contributed by atoms with van der Waals surface area (Å²) >= 11 is 4.67. The van der Waals surface area contributed by atoms with Crippen LogP contribution in [-0.4, -0.2) is 33.0 Å². The smallest absolute Gasteiger partial charge is 0.417 e. The van der Waals surface area contributed by atoms with Crippen LogP contribution in [-0.2, 0) is 9.53 Å². The maximum absolute atomic E-state index is 13.9. The number of nitro groups is 1. The predicted octanol–water partition coefficient (Wildman–Crippen LogP) is 5.02. The lowest BCUT2D eigenvalue weighted by molar-refractivity contribution is -0.384. The fraction of sp³-hybridized carbons (Fsp3) is 0.231. The van der Waals surface area contributed by atoms with E-state index in [1.807, 2.05) is 36.4 Å². The number of non-ortho nitro benzene ring substituents is 1. The van der Waals surface area contributed by atoms with E-state index < -0.39 is 46.3 Å². The number of carbonyl (C=O) groups excluding carboxylic acids is 2. The van der Waals surface area contributed by atoms with Crippen molar-refractivity contribution < 1.29 is 24.4 Å². The number of thiol groups is 1. The molecule has 5 atom stereocenters. The zero-order chi connectivity index (χ0) is 25.1. The lowest BCUT2D eigenvalue weighted by atomic mass is 9.87. The Hall–Kier alpha value is -3.69. The summed E-state index contributed by atoms with van der Waals surface area (Å²) in [5.41, 5.74) is 1.58. The van der Waals surface area contributed by atoms with Crippen LogP contribution in [0.15, 0.2) is 84.9 Å². The van der Waals surface area contributed by atoms with Crippen LogP contribution in [0.4, 0.5) is 10.5 Å². The Labute approximate surface area is 207 Å². The van der Waals surface area contributed by atoms with Gasteiger partial charge in [0.15, 0.2) is 0 Å². The normalized spacial score (nSPS) is 20.1. The largest absolute Gasteiger partial charge is 0.439 e. The standard InChI is InChI=1S/C26H24N2O6S/c1-16-23(18-8-4-2-5-9-18)34-26(31)27(16)25(30)21(24(35)19-10-6-3-7-11-19)22(29)17-12-14-20(15-13-17)28(32)33/h2-16,21-24,29,35H,1H3/t16-,21-,22-,23-,24-/m0/s1. The van der Waals surface area contributed by atoms with E-state index in [1.165, 1.54) is 24.3 Å². The molecule has 0 aromatic heterocycles. The van der Waals surface area contributed by atoms with Crippen molar-refractivity contribution in [1.82, 2.24) is 4.90 Å². The van der Waals surface area contributed by atoms with E-state index in [2.05, 4.69) is 12.6 Å². The number of nitrogens with zero attached hydrogens (tertiary/aromatic N) is 2. The maximum Gasteiger partial charge on any atom is 0.417 e. The molecular formula is C26H24N2O6S. The number of hydrogen-bond acceptors (Lipinski definition) is 7. The van der Waals surface area contributed by atoms with Crippen molar-refractivity contribution in [3.8, 4) is 0 Å². The van der Waals surface area contributed by atoms with Crippen LogP contribution in [0.3, 0.4) is 0 Å². The highest BCUT2D eigenvalue weighted by Crippen LogP contribution is 2.42. The molecule has 8 nitrogen and oxygen atoms in total. The average molecular weight is 493 g/mol. The number of ether oxygens (including phenoxy) is 1. The number of carbonyl (C=O) groups is 2. The van der Waals surface area contributed by atoms with Crippen molar-refractivity contribution in [2.45, 2.75) is 30.4 Å². The molecular weight excluding hydrogens is 468 g/mol. The van der Waals surface area contributed by atoms with E-state index in [4.69, 9.17) is 4.74 Å². The van der Waals surface area contributed by atoms with Crippen LogP contribution in [0.5, 0.6) is 0 Å². The first-order chi connectivity index (χ1) is 16.8. The van der Waals surface area contributed by atoms with Crippen molar-refractivity contribution in [3.63, 3.8) is 0 Å².